The van der Waals surface area contributed by atoms with Crippen LogP contribution in [0.4, 0.5) is 0 Å². The first kappa shape index (κ1) is 14.8. The van der Waals surface area contributed by atoms with Gasteiger partial charge < -0.3 is 14.6 Å². The van der Waals surface area contributed by atoms with Crippen molar-refractivity contribution in [2.24, 2.45) is 0 Å². The van der Waals surface area contributed by atoms with Crippen molar-refractivity contribution in [2.75, 3.05) is 13.2 Å². The van der Waals surface area contributed by atoms with Gasteiger partial charge in [-0.15, -0.1) is 0 Å². The molecule has 0 spiro atoms. The maximum Gasteiger partial charge on any atom is 0.338 e. The zero-order chi connectivity index (χ0) is 14.1. The van der Waals surface area contributed by atoms with Gasteiger partial charge >= 0.3 is 11.9 Å². The highest BCUT2D eigenvalue weighted by Gasteiger charge is 2.06. The number of hydrogen-bond donors (Lipinski definition) is 1. The van der Waals surface area contributed by atoms with Gasteiger partial charge in [-0.1, -0.05) is 6.58 Å². The van der Waals surface area contributed by atoms with E-state index in [4.69, 9.17) is 14.6 Å². The second-order valence-electron chi connectivity index (χ2n) is 3.76. The Bertz CT molecular complexity index is 436. The van der Waals surface area contributed by atoms with Gasteiger partial charge in [0.1, 0.15) is 5.75 Å². The molecule has 5 heteroatoms. The van der Waals surface area contributed by atoms with Crippen LogP contribution in [0, 0.1) is 0 Å². The van der Waals surface area contributed by atoms with Gasteiger partial charge in [-0.05, 0) is 37.1 Å². The Morgan fingerprint density at radius 2 is 1.68 bits per heavy atom. The average Bonchev–Trinajstić information content (AvgIpc) is 2.42. The quantitative estimate of drug-likeness (QED) is 0.463. The predicted molar refractivity (Wildman–Crippen MR) is 68.8 cm³/mol. The number of phenolic OH excluding ortho intramolecular Hbond substituents is 1. The molecule has 0 radical (unpaired) electrons. The van der Waals surface area contributed by atoms with Gasteiger partial charge in [-0.3, -0.25) is 0 Å². The summed E-state index contributed by atoms with van der Waals surface area (Å²) in [5.41, 5.74) is 0.385. The zero-order valence-corrected chi connectivity index (χ0v) is 10.5. The molecule has 1 N–H and O–H groups in total. The highest BCUT2D eigenvalue weighted by Crippen LogP contribution is 2.10. The molecule has 0 aliphatic rings. The number of carbonyl (C=O) groups is 2. The number of benzene rings is 1. The van der Waals surface area contributed by atoms with Gasteiger partial charge in [0.25, 0.3) is 0 Å². The molecular formula is C14H16O5. The maximum atomic E-state index is 11.5. The molecule has 0 heterocycles. The van der Waals surface area contributed by atoms with Crippen molar-refractivity contribution in [3.05, 3.63) is 42.5 Å². The first-order valence-corrected chi connectivity index (χ1v) is 5.89. The van der Waals surface area contributed by atoms with Crippen LogP contribution in [0.25, 0.3) is 0 Å². The van der Waals surface area contributed by atoms with Crippen molar-refractivity contribution in [1.82, 2.24) is 0 Å². The third-order valence-corrected chi connectivity index (χ3v) is 2.29. The molecular weight excluding hydrogens is 248 g/mol. The van der Waals surface area contributed by atoms with E-state index in [-0.39, 0.29) is 19.0 Å². The highest BCUT2D eigenvalue weighted by atomic mass is 16.5. The van der Waals surface area contributed by atoms with Gasteiger partial charge in [-0.2, -0.15) is 0 Å². The standard InChI is InChI=1S/C14H16O5/c1-2-13(16)18-9-3-4-10-19-14(17)11-5-7-12(15)8-6-11/h2,5-8,15H,1,3-4,9-10H2. The summed E-state index contributed by atoms with van der Waals surface area (Å²) in [7, 11) is 0. The molecule has 102 valence electrons. The summed E-state index contributed by atoms with van der Waals surface area (Å²) in [6.45, 7) is 3.81. The molecule has 0 bridgehead atoms. The van der Waals surface area contributed by atoms with E-state index in [9.17, 15) is 9.59 Å². The third kappa shape index (κ3) is 5.72. The van der Waals surface area contributed by atoms with Crippen LogP contribution in [0.15, 0.2) is 36.9 Å². The first-order valence-electron chi connectivity index (χ1n) is 5.89. The normalized spacial score (nSPS) is 9.68. The van der Waals surface area contributed by atoms with Gasteiger partial charge in [0, 0.05) is 6.08 Å². The van der Waals surface area contributed by atoms with E-state index in [1.54, 1.807) is 0 Å². The molecule has 0 fully saturated rings. The third-order valence-electron chi connectivity index (χ3n) is 2.29. The van der Waals surface area contributed by atoms with Crippen molar-refractivity contribution in [2.45, 2.75) is 12.8 Å². The summed E-state index contributed by atoms with van der Waals surface area (Å²) in [6.07, 6.45) is 2.32. The van der Waals surface area contributed by atoms with E-state index in [0.717, 1.165) is 6.08 Å². The summed E-state index contributed by atoms with van der Waals surface area (Å²) >= 11 is 0. The van der Waals surface area contributed by atoms with Crippen molar-refractivity contribution in [1.29, 1.82) is 0 Å². The Morgan fingerprint density at radius 3 is 2.26 bits per heavy atom. The molecule has 19 heavy (non-hydrogen) atoms. The minimum Gasteiger partial charge on any atom is -0.508 e. The van der Waals surface area contributed by atoms with Gasteiger partial charge in [-0.25, -0.2) is 9.59 Å². The van der Waals surface area contributed by atoms with E-state index < -0.39 is 11.9 Å². The summed E-state index contributed by atoms with van der Waals surface area (Å²) in [6, 6.07) is 5.82. The summed E-state index contributed by atoms with van der Waals surface area (Å²) < 4.78 is 9.79. The smallest absolute Gasteiger partial charge is 0.338 e. The van der Waals surface area contributed by atoms with E-state index in [2.05, 4.69) is 6.58 Å². The molecule has 5 nitrogen and oxygen atoms in total. The van der Waals surface area contributed by atoms with Crippen LogP contribution in [0.2, 0.25) is 0 Å². The van der Waals surface area contributed by atoms with Gasteiger partial charge in [0.15, 0.2) is 0 Å². The maximum absolute atomic E-state index is 11.5. The SMILES string of the molecule is C=CC(=O)OCCCCOC(=O)c1ccc(O)cc1. The van der Waals surface area contributed by atoms with Crippen LogP contribution in [-0.4, -0.2) is 30.3 Å². The van der Waals surface area contributed by atoms with Crippen LogP contribution in [0.5, 0.6) is 5.75 Å². The highest BCUT2D eigenvalue weighted by molar-refractivity contribution is 5.89. The van der Waals surface area contributed by atoms with Crippen molar-refractivity contribution in [3.8, 4) is 5.75 Å². The summed E-state index contributed by atoms with van der Waals surface area (Å²) in [5, 5.41) is 9.08. The second kappa shape index (κ2) is 7.92. The molecule has 0 aliphatic heterocycles. The van der Waals surface area contributed by atoms with Crippen LogP contribution in [0.3, 0.4) is 0 Å². The molecule has 0 atom stereocenters. The van der Waals surface area contributed by atoms with E-state index in [1.165, 1.54) is 24.3 Å². The van der Waals surface area contributed by atoms with Crippen LogP contribution in [-0.2, 0) is 14.3 Å². The summed E-state index contributed by atoms with van der Waals surface area (Å²) in [4.78, 5) is 22.3. The Kier molecular flexibility index (Phi) is 6.15. The largest absolute Gasteiger partial charge is 0.508 e. The fourth-order valence-corrected chi connectivity index (χ4v) is 1.28. The van der Waals surface area contributed by atoms with Crippen molar-refractivity contribution >= 4 is 11.9 Å². The number of unbranched alkanes of at least 4 members (excludes halogenated alkanes) is 1. The first-order chi connectivity index (χ1) is 9.13. The Hall–Kier alpha value is -2.30. The minimum atomic E-state index is -0.457. The van der Waals surface area contributed by atoms with E-state index >= 15 is 0 Å². The fraction of sp³-hybridized carbons (Fsp3) is 0.286. The molecule has 0 unspecified atom stereocenters. The number of phenols is 1. The lowest BCUT2D eigenvalue weighted by atomic mass is 10.2. The molecule has 1 aromatic carbocycles. The Labute approximate surface area is 111 Å². The lowest BCUT2D eigenvalue weighted by Crippen LogP contribution is -2.08. The number of aromatic hydroxyl groups is 1. The number of ether oxygens (including phenoxy) is 2. The fourth-order valence-electron chi connectivity index (χ4n) is 1.28. The lowest BCUT2D eigenvalue weighted by Gasteiger charge is -2.05. The van der Waals surface area contributed by atoms with Crippen molar-refractivity contribution in [3.63, 3.8) is 0 Å². The molecule has 0 amide bonds. The molecule has 0 aromatic heterocycles. The van der Waals surface area contributed by atoms with E-state index in [0.29, 0.717) is 18.4 Å². The minimum absolute atomic E-state index is 0.0978. The monoisotopic (exact) mass is 264 g/mol. The predicted octanol–water partition coefficient (Wildman–Crippen LogP) is 2.06. The Balaban J connectivity index is 2.15. The number of hydrogen-bond acceptors (Lipinski definition) is 5. The number of rotatable bonds is 7. The van der Waals surface area contributed by atoms with Gasteiger partial charge in [0.05, 0.1) is 18.8 Å². The van der Waals surface area contributed by atoms with Crippen LogP contribution >= 0.6 is 0 Å². The zero-order valence-electron chi connectivity index (χ0n) is 10.5. The summed E-state index contributed by atoms with van der Waals surface area (Å²) in [5.74, 6) is -0.801. The second-order valence-corrected chi connectivity index (χ2v) is 3.76. The molecule has 1 aromatic rings. The number of esters is 2. The van der Waals surface area contributed by atoms with Crippen LogP contribution in [0.1, 0.15) is 23.2 Å². The molecule has 1 rings (SSSR count). The topological polar surface area (TPSA) is 72.8 Å². The average molecular weight is 264 g/mol. The van der Waals surface area contributed by atoms with Gasteiger partial charge in [0.2, 0.25) is 0 Å². The number of carbonyl (C=O) groups excluding carboxylic acids is 2. The molecule has 0 saturated heterocycles. The van der Waals surface area contributed by atoms with Crippen molar-refractivity contribution < 1.29 is 24.2 Å². The van der Waals surface area contributed by atoms with E-state index in [1.807, 2.05) is 0 Å². The molecule has 0 aliphatic carbocycles. The van der Waals surface area contributed by atoms with Crippen LogP contribution < -0.4 is 0 Å². The lowest BCUT2D eigenvalue weighted by molar-refractivity contribution is -0.137. The Morgan fingerprint density at radius 1 is 1.11 bits per heavy atom. The molecule has 0 saturated carbocycles.